The minimum Gasteiger partial charge on any atom is -0.468 e. The number of amides is 2. The fourth-order valence-electron chi connectivity index (χ4n) is 7.27. The number of ether oxygens (including phenoxy) is 2. The Labute approximate surface area is 235 Å². The fourth-order valence-corrected chi connectivity index (χ4v) is 7.27. The van der Waals surface area contributed by atoms with Gasteiger partial charge in [0.1, 0.15) is 11.6 Å². The summed E-state index contributed by atoms with van der Waals surface area (Å²) in [7, 11) is 1.36. The molecule has 216 valence electrons. The van der Waals surface area contributed by atoms with Gasteiger partial charge < -0.3 is 14.4 Å². The third kappa shape index (κ3) is 5.35. The summed E-state index contributed by atoms with van der Waals surface area (Å²) < 4.78 is 39.4. The van der Waals surface area contributed by atoms with Gasteiger partial charge in [-0.25, -0.2) is 13.6 Å². The minimum absolute atomic E-state index is 0.146. The van der Waals surface area contributed by atoms with Crippen LogP contribution in [0.2, 0.25) is 0 Å². The van der Waals surface area contributed by atoms with E-state index in [1.165, 1.54) is 31.4 Å². The lowest BCUT2D eigenvalue weighted by molar-refractivity contribution is -0.150. The van der Waals surface area contributed by atoms with Crippen molar-refractivity contribution in [3.8, 4) is 0 Å². The first-order valence-electron chi connectivity index (χ1n) is 14.5. The van der Waals surface area contributed by atoms with E-state index in [2.05, 4.69) is 13.8 Å². The molecule has 8 heteroatoms. The summed E-state index contributed by atoms with van der Waals surface area (Å²) in [4.78, 5) is 30.7. The second-order valence-corrected chi connectivity index (χ2v) is 12.0. The van der Waals surface area contributed by atoms with Crippen molar-refractivity contribution in [3.63, 3.8) is 0 Å². The van der Waals surface area contributed by atoms with Crippen LogP contribution >= 0.6 is 0 Å². The highest BCUT2D eigenvalue weighted by atomic mass is 19.1. The summed E-state index contributed by atoms with van der Waals surface area (Å²) in [6.07, 6.45) is 5.20. The lowest BCUT2D eigenvalue weighted by atomic mass is 9.70. The summed E-state index contributed by atoms with van der Waals surface area (Å²) in [5, 5.41) is 0. The van der Waals surface area contributed by atoms with Gasteiger partial charge in [-0.2, -0.15) is 0 Å². The van der Waals surface area contributed by atoms with Gasteiger partial charge in [0, 0.05) is 25.0 Å². The zero-order valence-electron chi connectivity index (χ0n) is 23.9. The monoisotopic (exact) mass is 554 g/mol. The molecule has 2 amide bonds. The zero-order chi connectivity index (χ0) is 28.6. The van der Waals surface area contributed by atoms with Crippen molar-refractivity contribution in [3.05, 3.63) is 65.2 Å². The summed E-state index contributed by atoms with van der Waals surface area (Å²) in [6.45, 7) is 6.90. The van der Waals surface area contributed by atoms with Crippen LogP contribution < -0.4 is 4.90 Å². The second-order valence-electron chi connectivity index (χ2n) is 12.0. The molecule has 1 aliphatic carbocycles. The van der Waals surface area contributed by atoms with Crippen molar-refractivity contribution in [1.82, 2.24) is 4.90 Å². The Morgan fingerprint density at radius 2 is 1.68 bits per heavy atom. The van der Waals surface area contributed by atoms with Crippen LogP contribution in [0, 0.1) is 17.6 Å². The first-order chi connectivity index (χ1) is 19.1. The maximum atomic E-state index is 14.5. The minimum atomic E-state index is -0.965. The molecule has 1 unspecified atom stereocenters. The highest BCUT2D eigenvalue weighted by Crippen LogP contribution is 2.47. The van der Waals surface area contributed by atoms with E-state index in [0.29, 0.717) is 43.1 Å². The third-order valence-electron chi connectivity index (χ3n) is 9.22. The average molecular weight is 555 g/mol. The molecule has 2 aromatic rings. The smallest absolute Gasteiger partial charge is 0.324 e. The number of anilines is 1. The van der Waals surface area contributed by atoms with Gasteiger partial charge in [-0.15, -0.1) is 0 Å². The SMILES string of the molecule is COC(=O)[C@@]1(c2ccc(F)cc2)CCN(C(=O)N2CC(C3CCC(OC(C)C)CC3)c3ccc(F)cc32)[C@@H](C)C1. The van der Waals surface area contributed by atoms with E-state index in [1.54, 1.807) is 21.9 Å². The summed E-state index contributed by atoms with van der Waals surface area (Å²) in [5.41, 5.74) is 1.40. The molecule has 3 aliphatic rings. The molecule has 40 heavy (non-hydrogen) atoms. The number of carbonyl (C=O) groups is 2. The van der Waals surface area contributed by atoms with Crippen molar-refractivity contribution in [1.29, 1.82) is 0 Å². The van der Waals surface area contributed by atoms with Gasteiger partial charge in [-0.05, 0) is 101 Å². The Bertz CT molecular complexity index is 1230. The Balaban J connectivity index is 1.35. The Kier molecular flexibility index (Phi) is 8.18. The van der Waals surface area contributed by atoms with Gasteiger partial charge in [0.25, 0.3) is 0 Å². The van der Waals surface area contributed by atoms with Crippen molar-refractivity contribution in [2.45, 2.75) is 88.9 Å². The molecule has 0 bridgehead atoms. The van der Waals surface area contributed by atoms with Crippen molar-refractivity contribution < 1.29 is 27.8 Å². The molecular weight excluding hydrogens is 514 g/mol. The number of piperidine rings is 1. The number of rotatable bonds is 5. The first kappa shape index (κ1) is 28.5. The summed E-state index contributed by atoms with van der Waals surface area (Å²) >= 11 is 0. The molecule has 1 saturated heterocycles. The van der Waals surface area contributed by atoms with Crippen LogP contribution in [-0.2, 0) is 19.7 Å². The van der Waals surface area contributed by atoms with Crippen LogP contribution in [0.5, 0.6) is 0 Å². The normalized spacial score (nSPS) is 28.5. The number of fused-ring (bicyclic) bond motifs is 1. The number of hydrogen-bond donors (Lipinski definition) is 0. The topological polar surface area (TPSA) is 59.1 Å². The predicted octanol–water partition coefficient (Wildman–Crippen LogP) is 6.57. The number of nitrogens with zero attached hydrogens (tertiary/aromatic N) is 2. The van der Waals surface area contributed by atoms with Gasteiger partial charge in [-0.1, -0.05) is 18.2 Å². The molecule has 3 atom stereocenters. The number of methoxy groups -OCH3 is 1. The van der Waals surface area contributed by atoms with Crippen LogP contribution in [0.4, 0.5) is 19.3 Å². The van der Waals surface area contributed by atoms with Gasteiger partial charge in [0.15, 0.2) is 0 Å². The van der Waals surface area contributed by atoms with E-state index >= 15 is 0 Å². The van der Waals surface area contributed by atoms with Crippen molar-refractivity contribution in [2.24, 2.45) is 5.92 Å². The highest BCUT2D eigenvalue weighted by molar-refractivity contribution is 5.95. The summed E-state index contributed by atoms with van der Waals surface area (Å²) in [6, 6.07) is 10.3. The molecule has 0 aromatic heterocycles. The largest absolute Gasteiger partial charge is 0.468 e. The molecule has 2 aliphatic heterocycles. The van der Waals surface area contributed by atoms with E-state index in [0.717, 1.165) is 31.2 Å². The molecule has 5 rings (SSSR count). The van der Waals surface area contributed by atoms with Crippen molar-refractivity contribution >= 4 is 17.7 Å². The van der Waals surface area contributed by atoms with Gasteiger partial charge >= 0.3 is 12.0 Å². The number of carbonyl (C=O) groups excluding carboxylic acids is 2. The van der Waals surface area contributed by atoms with E-state index in [9.17, 15) is 18.4 Å². The Hall–Kier alpha value is -3.00. The first-order valence-corrected chi connectivity index (χ1v) is 14.5. The van der Waals surface area contributed by atoms with E-state index in [4.69, 9.17) is 9.47 Å². The molecule has 0 radical (unpaired) electrons. The third-order valence-corrected chi connectivity index (χ3v) is 9.22. The van der Waals surface area contributed by atoms with Gasteiger partial charge in [0.05, 0.1) is 30.4 Å². The predicted molar refractivity (Wildman–Crippen MR) is 149 cm³/mol. The van der Waals surface area contributed by atoms with Crippen LogP contribution in [-0.4, -0.2) is 55.3 Å². The van der Waals surface area contributed by atoms with Crippen LogP contribution in [0.15, 0.2) is 42.5 Å². The zero-order valence-corrected chi connectivity index (χ0v) is 23.9. The molecular formula is C32H40F2N2O4. The summed E-state index contributed by atoms with van der Waals surface area (Å²) in [5.74, 6) is -0.575. The van der Waals surface area contributed by atoms with Gasteiger partial charge in [0.2, 0.25) is 0 Å². The van der Waals surface area contributed by atoms with E-state index < -0.39 is 5.41 Å². The molecule has 6 nitrogen and oxygen atoms in total. The van der Waals surface area contributed by atoms with Crippen molar-refractivity contribution in [2.75, 3.05) is 25.1 Å². The molecule has 2 fully saturated rings. The Morgan fingerprint density at radius 3 is 2.30 bits per heavy atom. The van der Waals surface area contributed by atoms with Gasteiger partial charge in [-0.3, -0.25) is 9.69 Å². The van der Waals surface area contributed by atoms with Crippen LogP contribution in [0.3, 0.4) is 0 Å². The Morgan fingerprint density at radius 1 is 1.00 bits per heavy atom. The molecule has 0 spiro atoms. The molecule has 1 saturated carbocycles. The average Bonchev–Trinajstić information content (AvgIpc) is 3.31. The lowest BCUT2D eigenvalue weighted by Crippen LogP contribution is -2.56. The number of hydrogen-bond acceptors (Lipinski definition) is 4. The maximum Gasteiger partial charge on any atom is 0.324 e. The number of esters is 1. The fraction of sp³-hybridized carbons (Fsp3) is 0.562. The number of benzene rings is 2. The number of urea groups is 1. The van der Waals surface area contributed by atoms with Crippen LogP contribution in [0.1, 0.15) is 76.3 Å². The maximum absolute atomic E-state index is 14.5. The number of likely N-dealkylation sites (tertiary alicyclic amines) is 1. The second kappa shape index (κ2) is 11.5. The standard InChI is InChI=1S/C32H40F2N2O4/c1-20(2)40-26-12-5-22(6-13-26)28-19-36(29-17-25(34)11-14-27(28)29)31(38)35-16-15-32(18-21(35)3,30(37)39-4)23-7-9-24(33)10-8-23/h7-11,14,17,20-22,26,28H,5-6,12-13,15-16,18-19H2,1-4H3/t21-,22?,26?,28?,32-/m0/s1. The van der Waals surface area contributed by atoms with E-state index in [-0.39, 0.29) is 47.8 Å². The molecule has 2 aromatic carbocycles. The highest BCUT2D eigenvalue weighted by Gasteiger charge is 2.49. The molecule has 2 heterocycles. The van der Waals surface area contributed by atoms with Crippen LogP contribution in [0.25, 0.3) is 0 Å². The number of halogens is 2. The lowest BCUT2D eigenvalue weighted by Gasteiger charge is -2.45. The van der Waals surface area contributed by atoms with E-state index in [1.807, 2.05) is 13.0 Å². The molecule has 0 N–H and O–H groups in total. The quantitative estimate of drug-likeness (QED) is 0.393.